The summed E-state index contributed by atoms with van der Waals surface area (Å²) in [7, 11) is -3.95. The summed E-state index contributed by atoms with van der Waals surface area (Å²) in [6.07, 6.45) is -1.07. The van der Waals surface area contributed by atoms with Gasteiger partial charge in [0.2, 0.25) is 15.8 Å². The molecule has 9 nitrogen and oxygen atoms in total. The molecule has 1 fully saturated rings. The molecule has 0 bridgehead atoms. The smallest absolute Gasteiger partial charge is 0.409 e. The van der Waals surface area contributed by atoms with Crippen molar-refractivity contribution in [1.82, 2.24) is 14.5 Å². The maximum atomic E-state index is 13.6. The Labute approximate surface area is 231 Å². The van der Waals surface area contributed by atoms with Crippen molar-refractivity contribution in [2.45, 2.75) is 77.4 Å². The van der Waals surface area contributed by atoms with Crippen molar-refractivity contribution >= 4 is 27.8 Å². The SMILES string of the molecule is CCCC[C@@H](C(=O)C(=O)NC(C)c1ccccc1)N(C(=O)O)C1CC(C)(C)CN1S(=O)(=O)Cc1ccccc1. The third-order valence-corrected chi connectivity index (χ3v) is 8.87. The van der Waals surface area contributed by atoms with E-state index in [9.17, 15) is 27.9 Å². The Morgan fingerprint density at radius 3 is 2.23 bits per heavy atom. The van der Waals surface area contributed by atoms with Gasteiger partial charge in [-0.1, -0.05) is 94.3 Å². The summed E-state index contributed by atoms with van der Waals surface area (Å²) in [4.78, 5) is 40.3. The molecule has 2 N–H and O–H groups in total. The van der Waals surface area contributed by atoms with Crippen LogP contribution in [0.5, 0.6) is 0 Å². The molecule has 1 saturated heterocycles. The van der Waals surface area contributed by atoms with Crippen LogP contribution >= 0.6 is 0 Å². The fourth-order valence-corrected chi connectivity index (χ4v) is 6.96. The predicted molar refractivity (Wildman–Crippen MR) is 149 cm³/mol. The minimum atomic E-state index is -3.95. The summed E-state index contributed by atoms with van der Waals surface area (Å²) in [5.41, 5.74) is 0.843. The summed E-state index contributed by atoms with van der Waals surface area (Å²) in [5.74, 6) is -2.08. The predicted octanol–water partition coefficient (Wildman–Crippen LogP) is 4.56. The van der Waals surface area contributed by atoms with E-state index in [2.05, 4.69) is 5.32 Å². The first-order valence-electron chi connectivity index (χ1n) is 13.3. The van der Waals surface area contributed by atoms with E-state index in [4.69, 9.17) is 0 Å². The third-order valence-electron chi connectivity index (χ3n) is 7.08. The zero-order valence-corrected chi connectivity index (χ0v) is 23.9. The number of nitrogens with zero attached hydrogens (tertiary/aromatic N) is 2. The number of Topliss-reactive ketones (excluding diaryl/α,β-unsaturated/α-hetero) is 1. The molecule has 212 valence electrons. The van der Waals surface area contributed by atoms with Crippen LogP contribution in [0.25, 0.3) is 0 Å². The fourth-order valence-electron chi connectivity index (χ4n) is 5.08. The van der Waals surface area contributed by atoms with Gasteiger partial charge in [0.25, 0.3) is 5.91 Å². The highest BCUT2D eigenvalue weighted by Crippen LogP contribution is 2.39. The molecule has 0 spiro atoms. The molecular weight excluding hydrogens is 518 g/mol. The molecule has 2 unspecified atom stereocenters. The van der Waals surface area contributed by atoms with Crippen LogP contribution in [0.2, 0.25) is 0 Å². The lowest BCUT2D eigenvalue weighted by Gasteiger charge is -2.37. The molecule has 3 rings (SSSR count). The minimum absolute atomic E-state index is 0.0997. The maximum Gasteiger partial charge on any atom is 0.409 e. The van der Waals surface area contributed by atoms with E-state index >= 15 is 0 Å². The van der Waals surface area contributed by atoms with Gasteiger partial charge in [-0.15, -0.1) is 0 Å². The third kappa shape index (κ3) is 7.67. The first-order chi connectivity index (χ1) is 18.4. The van der Waals surface area contributed by atoms with E-state index in [-0.39, 0.29) is 25.1 Å². The molecule has 10 heteroatoms. The van der Waals surface area contributed by atoms with Crippen LogP contribution in [0, 0.1) is 5.41 Å². The molecule has 2 aromatic carbocycles. The first-order valence-corrected chi connectivity index (χ1v) is 14.9. The van der Waals surface area contributed by atoms with Crippen LogP contribution in [-0.2, 0) is 25.4 Å². The number of ketones is 1. The number of sulfonamides is 1. The van der Waals surface area contributed by atoms with E-state index in [1.54, 1.807) is 37.3 Å². The van der Waals surface area contributed by atoms with E-state index in [0.29, 0.717) is 18.4 Å². The monoisotopic (exact) mass is 557 g/mol. The van der Waals surface area contributed by atoms with Crippen LogP contribution in [0.15, 0.2) is 60.7 Å². The Bertz CT molecular complexity index is 1250. The summed E-state index contributed by atoms with van der Waals surface area (Å²) in [6.45, 7) is 7.49. The summed E-state index contributed by atoms with van der Waals surface area (Å²) in [5, 5.41) is 13.0. The van der Waals surface area contributed by atoms with Crippen molar-refractivity contribution < 1.29 is 27.9 Å². The molecule has 0 aliphatic carbocycles. The van der Waals surface area contributed by atoms with Crippen LogP contribution in [0.4, 0.5) is 4.79 Å². The summed E-state index contributed by atoms with van der Waals surface area (Å²) >= 11 is 0. The Morgan fingerprint density at radius 1 is 1.08 bits per heavy atom. The number of carbonyl (C=O) groups is 3. The average Bonchev–Trinajstić information content (AvgIpc) is 3.22. The van der Waals surface area contributed by atoms with Crippen molar-refractivity contribution in [1.29, 1.82) is 0 Å². The quantitative estimate of drug-likeness (QED) is 0.369. The number of amides is 2. The van der Waals surface area contributed by atoms with Gasteiger partial charge >= 0.3 is 6.09 Å². The zero-order chi connectivity index (χ0) is 28.8. The maximum absolute atomic E-state index is 13.6. The fraction of sp³-hybridized carbons (Fsp3) is 0.483. The van der Waals surface area contributed by atoms with Gasteiger partial charge < -0.3 is 10.4 Å². The van der Waals surface area contributed by atoms with Crippen molar-refractivity contribution in [3.63, 3.8) is 0 Å². The number of carboxylic acid groups (broad SMARTS) is 1. The topological polar surface area (TPSA) is 124 Å². The average molecular weight is 558 g/mol. The summed E-state index contributed by atoms with van der Waals surface area (Å²) in [6, 6.07) is 16.0. The number of hydrogen-bond donors (Lipinski definition) is 2. The van der Waals surface area contributed by atoms with E-state index in [1.807, 2.05) is 51.1 Å². The standard InChI is InChI=1S/C29H39N3O6S/c1-5-6-17-24(26(33)27(34)30-21(2)23-15-11-8-12-16-23)32(28(35)36)25-18-29(3,4)20-31(25)39(37,38)19-22-13-9-7-10-14-22/h7-16,21,24-25H,5-6,17-20H2,1-4H3,(H,30,34)(H,35,36)/t21?,24-,25?/m0/s1. The largest absolute Gasteiger partial charge is 0.465 e. The van der Waals surface area contributed by atoms with E-state index in [0.717, 1.165) is 10.5 Å². The van der Waals surface area contributed by atoms with Gasteiger partial charge in [-0.05, 0) is 36.3 Å². The molecule has 0 aromatic heterocycles. The van der Waals surface area contributed by atoms with Gasteiger partial charge in [-0.25, -0.2) is 13.2 Å². The van der Waals surface area contributed by atoms with Crippen LogP contribution in [0.3, 0.4) is 0 Å². The van der Waals surface area contributed by atoms with Gasteiger partial charge in [-0.2, -0.15) is 4.31 Å². The van der Waals surface area contributed by atoms with Crippen LogP contribution < -0.4 is 5.32 Å². The number of unbranched alkanes of at least 4 members (excludes halogenated alkanes) is 1. The number of rotatable bonds is 12. The number of nitrogens with one attached hydrogen (secondary N) is 1. The Balaban J connectivity index is 1.93. The Kier molecular flexibility index (Phi) is 9.90. The second-order valence-corrected chi connectivity index (χ2v) is 12.9. The van der Waals surface area contributed by atoms with Crippen molar-refractivity contribution in [3.05, 3.63) is 71.8 Å². The highest BCUT2D eigenvalue weighted by atomic mass is 32.2. The second kappa shape index (κ2) is 12.7. The normalized spacial score (nSPS) is 18.7. The number of hydrogen-bond acceptors (Lipinski definition) is 5. The van der Waals surface area contributed by atoms with Crippen LogP contribution in [-0.4, -0.2) is 59.3 Å². The molecule has 0 saturated carbocycles. The molecule has 39 heavy (non-hydrogen) atoms. The number of benzene rings is 2. The zero-order valence-electron chi connectivity index (χ0n) is 23.0. The molecule has 1 aliphatic rings. The lowest BCUT2D eigenvalue weighted by atomic mass is 9.91. The lowest BCUT2D eigenvalue weighted by molar-refractivity contribution is -0.142. The van der Waals surface area contributed by atoms with E-state index in [1.165, 1.54) is 4.31 Å². The minimum Gasteiger partial charge on any atom is -0.465 e. The molecule has 2 amide bonds. The Hall–Kier alpha value is -3.24. The van der Waals surface area contributed by atoms with Crippen LogP contribution in [0.1, 0.15) is 70.5 Å². The Morgan fingerprint density at radius 2 is 1.67 bits per heavy atom. The lowest BCUT2D eigenvalue weighted by Crippen LogP contribution is -2.58. The second-order valence-electron chi connectivity index (χ2n) is 11.0. The van der Waals surface area contributed by atoms with Crippen molar-refractivity contribution in [2.75, 3.05) is 6.54 Å². The van der Waals surface area contributed by atoms with Gasteiger partial charge in [0.05, 0.1) is 11.8 Å². The van der Waals surface area contributed by atoms with Gasteiger partial charge in [0.1, 0.15) is 12.2 Å². The highest BCUT2D eigenvalue weighted by molar-refractivity contribution is 7.88. The first kappa shape index (κ1) is 30.3. The molecule has 1 aliphatic heterocycles. The van der Waals surface area contributed by atoms with E-state index < -0.39 is 51.5 Å². The molecule has 2 aromatic rings. The molecular formula is C29H39N3O6S. The van der Waals surface area contributed by atoms with Gasteiger partial charge in [-0.3, -0.25) is 14.5 Å². The molecule has 1 heterocycles. The number of carbonyl (C=O) groups excluding carboxylic acids is 2. The molecule has 0 radical (unpaired) electrons. The van der Waals surface area contributed by atoms with Gasteiger partial charge in [0, 0.05) is 6.54 Å². The van der Waals surface area contributed by atoms with Crippen molar-refractivity contribution in [2.24, 2.45) is 5.41 Å². The molecule has 3 atom stereocenters. The van der Waals surface area contributed by atoms with Crippen molar-refractivity contribution in [3.8, 4) is 0 Å². The van der Waals surface area contributed by atoms with Gasteiger partial charge in [0.15, 0.2) is 0 Å². The highest BCUT2D eigenvalue weighted by Gasteiger charge is 2.50. The summed E-state index contributed by atoms with van der Waals surface area (Å²) < 4.78 is 28.4.